The summed E-state index contributed by atoms with van der Waals surface area (Å²) in [6, 6.07) is 8.50. The van der Waals surface area contributed by atoms with Gasteiger partial charge in [0.25, 0.3) is 0 Å². The summed E-state index contributed by atoms with van der Waals surface area (Å²) in [4.78, 5) is 28.7. The van der Waals surface area contributed by atoms with E-state index < -0.39 is 24.5 Å². The molecule has 0 saturated carbocycles. The SMILES string of the molecule is CC(=O)NC(=O)[C@H](CO)NCc1c(C(C)C)c(Sc2cc(Cl)cc(Cl)c2)n(Cc2ccncc2)c1C. The molecule has 0 unspecified atom stereocenters. The number of aliphatic hydroxyl groups is 1. The van der Waals surface area contributed by atoms with Gasteiger partial charge in [0.2, 0.25) is 11.8 Å². The van der Waals surface area contributed by atoms with E-state index in [2.05, 4.69) is 34.0 Å². The number of amides is 2. The molecule has 2 aromatic heterocycles. The third-order valence-corrected chi connectivity index (χ3v) is 7.23. The van der Waals surface area contributed by atoms with E-state index in [1.807, 2.05) is 31.2 Å². The predicted molar refractivity (Wildman–Crippen MR) is 144 cm³/mol. The van der Waals surface area contributed by atoms with Crippen LogP contribution in [-0.2, 0) is 22.7 Å². The van der Waals surface area contributed by atoms with E-state index >= 15 is 0 Å². The van der Waals surface area contributed by atoms with Crippen molar-refractivity contribution in [3.63, 3.8) is 0 Å². The second-order valence-electron chi connectivity index (χ2n) is 8.75. The monoisotopic (exact) mass is 548 g/mol. The van der Waals surface area contributed by atoms with Gasteiger partial charge in [0.15, 0.2) is 0 Å². The summed E-state index contributed by atoms with van der Waals surface area (Å²) in [6.45, 7) is 8.07. The molecule has 192 valence electrons. The first-order valence-electron chi connectivity index (χ1n) is 11.5. The van der Waals surface area contributed by atoms with Crippen LogP contribution in [-0.4, -0.2) is 39.1 Å². The molecule has 0 saturated heterocycles. The van der Waals surface area contributed by atoms with E-state index in [-0.39, 0.29) is 5.92 Å². The molecule has 0 aliphatic heterocycles. The molecule has 0 radical (unpaired) electrons. The Labute approximate surface area is 225 Å². The Morgan fingerprint density at radius 2 is 1.78 bits per heavy atom. The lowest BCUT2D eigenvalue weighted by molar-refractivity contribution is -0.131. The molecule has 3 N–H and O–H groups in total. The van der Waals surface area contributed by atoms with E-state index in [0.717, 1.165) is 32.3 Å². The molecule has 0 bridgehead atoms. The van der Waals surface area contributed by atoms with Gasteiger partial charge in [-0.05, 0) is 59.9 Å². The van der Waals surface area contributed by atoms with Gasteiger partial charge < -0.3 is 9.67 Å². The van der Waals surface area contributed by atoms with E-state index in [1.165, 1.54) is 6.92 Å². The van der Waals surface area contributed by atoms with Crippen LogP contribution >= 0.6 is 35.0 Å². The Balaban J connectivity index is 2.06. The fraction of sp³-hybridized carbons (Fsp3) is 0.346. The number of nitrogens with zero attached hydrogens (tertiary/aromatic N) is 2. The standard InChI is InChI=1S/C26H30Cl2N4O3S/c1-15(2)24-22(12-30-23(14-33)25(35)31-17(4)34)16(3)32(13-18-5-7-29-8-6-18)26(24)36-21-10-19(27)9-20(28)11-21/h5-11,15,23,30,33H,12-14H2,1-4H3,(H,31,34,35)/t23-/m0/s1. The Morgan fingerprint density at radius 1 is 1.14 bits per heavy atom. The second kappa shape index (κ2) is 12.7. The van der Waals surface area contributed by atoms with Gasteiger partial charge in [-0.25, -0.2) is 0 Å². The van der Waals surface area contributed by atoms with Crippen LogP contribution in [0.25, 0.3) is 0 Å². The van der Waals surface area contributed by atoms with Crippen molar-refractivity contribution in [1.29, 1.82) is 0 Å². The van der Waals surface area contributed by atoms with Crippen LogP contribution in [0.2, 0.25) is 10.0 Å². The van der Waals surface area contributed by atoms with Crippen molar-refractivity contribution in [2.75, 3.05) is 6.61 Å². The Bertz CT molecular complexity index is 1210. The predicted octanol–water partition coefficient (Wildman–Crippen LogP) is 4.93. The van der Waals surface area contributed by atoms with Gasteiger partial charge in [0.1, 0.15) is 6.04 Å². The van der Waals surface area contributed by atoms with Gasteiger partial charge in [-0.15, -0.1) is 0 Å². The zero-order valence-electron chi connectivity index (χ0n) is 20.6. The maximum Gasteiger partial charge on any atom is 0.246 e. The van der Waals surface area contributed by atoms with Crippen molar-refractivity contribution in [2.45, 2.75) is 62.7 Å². The minimum atomic E-state index is -0.917. The molecule has 7 nitrogen and oxygen atoms in total. The van der Waals surface area contributed by atoms with Crippen LogP contribution in [0.15, 0.2) is 52.6 Å². The normalized spacial score (nSPS) is 12.1. The zero-order valence-corrected chi connectivity index (χ0v) is 23.0. The van der Waals surface area contributed by atoms with E-state index in [4.69, 9.17) is 23.2 Å². The highest BCUT2D eigenvalue weighted by atomic mass is 35.5. The summed E-state index contributed by atoms with van der Waals surface area (Å²) >= 11 is 14.2. The van der Waals surface area contributed by atoms with E-state index in [1.54, 1.807) is 30.2 Å². The molecule has 1 atom stereocenters. The lowest BCUT2D eigenvalue weighted by Gasteiger charge is -2.17. The maximum atomic E-state index is 12.3. The summed E-state index contributed by atoms with van der Waals surface area (Å²) < 4.78 is 2.24. The van der Waals surface area contributed by atoms with E-state index in [0.29, 0.717) is 23.1 Å². The van der Waals surface area contributed by atoms with Crippen LogP contribution in [0, 0.1) is 6.92 Å². The fourth-order valence-electron chi connectivity index (χ4n) is 4.00. The van der Waals surface area contributed by atoms with Crippen LogP contribution in [0.3, 0.4) is 0 Å². The summed E-state index contributed by atoms with van der Waals surface area (Å²) in [7, 11) is 0. The number of carbonyl (C=O) groups is 2. The number of hydrogen-bond acceptors (Lipinski definition) is 6. The van der Waals surface area contributed by atoms with Crippen molar-refractivity contribution >= 4 is 46.8 Å². The second-order valence-corrected chi connectivity index (χ2v) is 10.7. The molecular formula is C26H30Cl2N4O3S. The summed E-state index contributed by atoms with van der Waals surface area (Å²) in [5.41, 5.74) is 4.28. The molecule has 0 fully saturated rings. The first kappa shape index (κ1) is 28.2. The molecule has 36 heavy (non-hydrogen) atoms. The smallest absolute Gasteiger partial charge is 0.246 e. The van der Waals surface area contributed by atoms with Crippen LogP contribution in [0.5, 0.6) is 0 Å². The highest BCUT2D eigenvalue weighted by Gasteiger charge is 2.25. The largest absolute Gasteiger partial charge is 0.394 e. The highest BCUT2D eigenvalue weighted by Crippen LogP contribution is 2.41. The summed E-state index contributed by atoms with van der Waals surface area (Å²) in [6.07, 6.45) is 3.53. The molecule has 0 spiro atoms. The molecule has 3 aromatic rings. The first-order valence-corrected chi connectivity index (χ1v) is 13.1. The van der Waals surface area contributed by atoms with Gasteiger partial charge in [0.05, 0.1) is 11.6 Å². The first-order chi connectivity index (χ1) is 17.1. The quantitative estimate of drug-likeness (QED) is 0.332. The average Bonchev–Trinajstić information content (AvgIpc) is 3.04. The molecule has 2 heterocycles. The van der Waals surface area contributed by atoms with Gasteiger partial charge in [-0.3, -0.25) is 25.2 Å². The van der Waals surface area contributed by atoms with Crippen LogP contribution in [0.1, 0.15) is 49.1 Å². The minimum Gasteiger partial charge on any atom is -0.394 e. The van der Waals surface area contributed by atoms with Crippen molar-refractivity contribution in [2.24, 2.45) is 0 Å². The highest BCUT2D eigenvalue weighted by molar-refractivity contribution is 7.99. The third-order valence-electron chi connectivity index (χ3n) is 5.68. The number of rotatable bonds is 10. The van der Waals surface area contributed by atoms with Gasteiger partial charge >= 0.3 is 0 Å². The number of pyridine rings is 1. The number of imide groups is 1. The fourth-order valence-corrected chi connectivity index (χ4v) is 6.03. The number of aromatic nitrogens is 2. The van der Waals surface area contributed by atoms with Gasteiger partial charge in [-0.1, -0.05) is 48.8 Å². The number of benzene rings is 1. The van der Waals surface area contributed by atoms with Crippen molar-refractivity contribution in [3.05, 3.63) is 75.2 Å². The number of aliphatic hydroxyl groups excluding tert-OH is 1. The van der Waals surface area contributed by atoms with Crippen LogP contribution in [0.4, 0.5) is 0 Å². The number of halogens is 2. The van der Waals surface area contributed by atoms with Gasteiger partial charge in [-0.2, -0.15) is 0 Å². The molecule has 0 aliphatic rings. The lowest BCUT2D eigenvalue weighted by Crippen LogP contribution is -2.47. The van der Waals surface area contributed by atoms with Gasteiger partial charge in [0, 0.05) is 53.0 Å². The van der Waals surface area contributed by atoms with Crippen molar-refractivity contribution in [3.8, 4) is 0 Å². The lowest BCUT2D eigenvalue weighted by atomic mass is 10.0. The maximum absolute atomic E-state index is 12.3. The number of carbonyl (C=O) groups excluding carboxylic acids is 2. The molecule has 0 aliphatic carbocycles. The Morgan fingerprint density at radius 3 is 2.33 bits per heavy atom. The molecule has 2 amide bonds. The third kappa shape index (κ3) is 7.11. The molecule has 10 heteroatoms. The average molecular weight is 550 g/mol. The topological polar surface area (TPSA) is 96.3 Å². The molecule has 1 aromatic carbocycles. The zero-order chi connectivity index (χ0) is 26.4. The Hall–Kier alpha value is -2.36. The molecular weight excluding hydrogens is 519 g/mol. The van der Waals surface area contributed by atoms with Crippen molar-refractivity contribution in [1.82, 2.24) is 20.2 Å². The Kier molecular flexibility index (Phi) is 9.99. The number of nitrogens with one attached hydrogen (secondary N) is 2. The van der Waals surface area contributed by atoms with E-state index in [9.17, 15) is 14.7 Å². The van der Waals surface area contributed by atoms with Crippen LogP contribution < -0.4 is 10.6 Å². The number of hydrogen-bond donors (Lipinski definition) is 3. The molecule has 3 rings (SSSR count). The minimum absolute atomic E-state index is 0.162. The summed E-state index contributed by atoms with van der Waals surface area (Å²) in [5.74, 6) is -0.871. The van der Waals surface area contributed by atoms with Crippen molar-refractivity contribution < 1.29 is 14.7 Å². The summed E-state index contributed by atoms with van der Waals surface area (Å²) in [5, 5.41) is 17.3.